The van der Waals surface area contributed by atoms with Crippen molar-refractivity contribution >= 4 is 41.7 Å². The summed E-state index contributed by atoms with van der Waals surface area (Å²) in [5.74, 6) is -1.99. The Morgan fingerprint density at radius 2 is 1.91 bits per heavy atom. The van der Waals surface area contributed by atoms with E-state index in [1.54, 1.807) is 25.2 Å². The maximum atomic E-state index is 12.5. The lowest BCUT2D eigenvalue weighted by Crippen LogP contribution is -2.54. The van der Waals surface area contributed by atoms with Crippen molar-refractivity contribution in [3.8, 4) is 0 Å². The van der Waals surface area contributed by atoms with Crippen LogP contribution in [-0.2, 0) is 9.59 Å². The van der Waals surface area contributed by atoms with Crippen molar-refractivity contribution in [2.24, 2.45) is 0 Å². The molecule has 8 heteroatoms. The molecular weight excluding hydrogens is 310 g/mol. The number of rotatable bonds is 2. The number of halogens is 1. The van der Waals surface area contributed by atoms with E-state index in [0.29, 0.717) is 5.69 Å². The summed E-state index contributed by atoms with van der Waals surface area (Å²) < 4.78 is 0. The Balaban J connectivity index is 0.00000176. The van der Waals surface area contributed by atoms with Crippen LogP contribution in [0.25, 0.3) is 0 Å². The number of anilines is 1. The molecule has 116 valence electrons. The Morgan fingerprint density at radius 3 is 2.55 bits per heavy atom. The van der Waals surface area contributed by atoms with Crippen LogP contribution >= 0.6 is 12.4 Å². The van der Waals surface area contributed by atoms with Crippen LogP contribution in [-0.4, -0.2) is 41.6 Å². The third-order valence-corrected chi connectivity index (χ3v) is 3.74. The van der Waals surface area contributed by atoms with Gasteiger partial charge in [0.15, 0.2) is 0 Å². The summed E-state index contributed by atoms with van der Waals surface area (Å²) in [6.07, 6.45) is 0.272. The molecule has 1 saturated heterocycles. The molecule has 1 atom stereocenters. The number of piperidine rings is 1. The molecule has 3 rings (SSSR count). The molecule has 1 aromatic carbocycles. The molecule has 22 heavy (non-hydrogen) atoms. The largest absolute Gasteiger partial charge is 0.387 e. The second-order valence-corrected chi connectivity index (χ2v) is 4.93. The first-order chi connectivity index (χ1) is 10.0. The van der Waals surface area contributed by atoms with Gasteiger partial charge in [0, 0.05) is 19.2 Å². The number of benzene rings is 1. The van der Waals surface area contributed by atoms with Gasteiger partial charge < -0.3 is 5.32 Å². The normalized spacial score (nSPS) is 20.4. The predicted molar refractivity (Wildman–Crippen MR) is 79.9 cm³/mol. The first-order valence-electron chi connectivity index (χ1n) is 6.57. The van der Waals surface area contributed by atoms with Crippen molar-refractivity contribution in [1.29, 1.82) is 0 Å². The number of imide groups is 2. The lowest BCUT2D eigenvalue weighted by atomic mass is 10.0. The number of carbonyl (C=O) groups is 4. The standard InChI is InChI=1S/C14H13N3O4.ClH/c1-15-8-4-2-3-7-11(8)14(21)17(13(7)20)9-5-6-10(18)16-12(9)19;/h2-4,9,15H,5-6H2,1H3,(H,16,18,19);1H. The van der Waals surface area contributed by atoms with Gasteiger partial charge in [0.2, 0.25) is 11.8 Å². The number of carbonyl (C=O) groups excluding carboxylic acids is 4. The molecule has 0 saturated carbocycles. The molecule has 2 aliphatic heterocycles. The fourth-order valence-electron chi connectivity index (χ4n) is 2.72. The van der Waals surface area contributed by atoms with E-state index in [4.69, 9.17) is 0 Å². The third-order valence-electron chi connectivity index (χ3n) is 3.74. The van der Waals surface area contributed by atoms with Gasteiger partial charge in [0.25, 0.3) is 11.8 Å². The van der Waals surface area contributed by atoms with Crippen LogP contribution < -0.4 is 10.6 Å². The van der Waals surface area contributed by atoms with Crippen molar-refractivity contribution in [2.75, 3.05) is 12.4 Å². The minimum Gasteiger partial charge on any atom is -0.387 e. The Bertz CT molecular complexity index is 689. The van der Waals surface area contributed by atoms with Gasteiger partial charge in [-0.2, -0.15) is 0 Å². The average Bonchev–Trinajstić information content (AvgIpc) is 2.72. The summed E-state index contributed by atoms with van der Waals surface area (Å²) in [5.41, 5.74) is 1.09. The van der Waals surface area contributed by atoms with Gasteiger partial charge in [-0.25, -0.2) is 0 Å². The fourth-order valence-corrected chi connectivity index (χ4v) is 2.72. The summed E-state index contributed by atoms with van der Waals surface area (Å²) in [6.45, 7) is 0. The number of nitrogens with zero attached hydrogens (tertiary/aromatic N) is 1. The highest BCUT2D eigenvalue weighted by Crippen LogP contribution is 2.31. The molecule has 4 amide bonds. The van der Waals surface area contributed by atoms with E-state index in [1.165, 1.54) is 0 Å². The molecule has 0 spiro atoms. The topological polar surface area (TPSA) is 95.6 Å². The van der Waals surface area contributed by atoms with E-state index in [2.05, 4.69) is 10.6 Å². The second-order valence-electron chi connectivity index (χ2n) is 4.93. The van der Waals surface area contributed by atoms with E-state index in [9.17, 15) is 19.2 Å². The first kappa shape index (κ1) is 16.0. The maximum Gasteiger partial charge on any atom is 0.264 e. The molecule has 1 aromatic rings. The molecule has 2 aliphatic rings. The van der Waals surface area contributed by atoms with Crippen molar-refractivity contribution in [2.45, 2.75) is 18.9 Å². The highest BCUT2D eigenvalue weighted by Gasteiger charge is 2.45. The van der Waals surface area contributed by atoms with Gasteiger partial charge in [0.1, 0.15) is 6.04 Å². The summed E-state index contributed by atoms with van der Waals surface area (Å²) in [6, 6.07) is 3.99. The minimum atomic E-state index is -0.931. The van der Waals surface area contributed by atoms with Gasteiger partial charge in [-0.15, -0.1) is 12.4 Å². The third kappa shape index (κ3) is 2.23. The SMILES string of the molecule is CNc1cccc2c1C(=O)N(C1CCC(=O)NC1=O)C2=O.Cl. The zero-order chi connectivity index (χ0) is 15.1. The molecule has 0 bridgehead atoms. The predicted octanol–water partition coefficient (Wildman–Crippen LogP) is 0.551. The molecule has 0 aliphatic carbocycles. The summed E-state index contributed by atoms with van der Waals surface area (Å²) in [7, 11) is 1.65. The molecular formula is C14H14ClN3O4. The van der Waals surface area contributed by atoms with E-state index in [0.717, 1.165) is 4.90 Å². The number of fused-ring (bicyclic) bond motifs is 1. The van der Waals surface area contributed by atoms with Crippen molar-refractivity contribution in [3.05, 3.63) is 29.3 Å². The summed E-state index contributed by atoms with van der Waals surface area (Å²) in [4.78, 5) is 49.0. The molecule has 2 heterocycles. The van der Waals surface area contributed by atoms with Crippen molar-refractivity contribution < 1.29 is 19.2 Å². The Kier molecular flexibility index (Phi) is 4.18. The quantitative estimate of drug-likeness (QED) is 0.775. The lowest BCUT2D eigenvalue weighted by Gasteiger charge is -2.27. The average molecular weight is 324 g/mol. The van der Waals surface area contributed by atoms with Crippen LogP contribution in [0.1, 0.15) is 33.6 Å². The van der Waals surface area contributed by atoms with Crippen LogP contribution in [0.4, 0.5) is 5.69 Å². The zero-order valence-corrected chi connectivity index (χ0v) is 12.5. The van der Waals surface area contributed by atoms with Crippen LogP contribution in [0.15, 0.2) is 18.2 Å². The van der Waals surface area contributed by atoms with Gasteiger partial charge in [-0.3, -0.25) is 29.4 Å². The van der Waals surface area contributed by atoms with E-state index in [-0.39, 0.29) is 42.3 Å². The summed E-state index contributed by atoms with van der Waals surface area (Å²) in [5, 5.41) is 5.03. The monoisotopic (exact) mass is 323 g/mol. The van der Waals surface area contributed by atoms with Gasteiger partial charge in [0.05, 0.1) is 11.1 Å². The number of hydrogen-bond donors (Lipinski definition) is 2. The first-order valence-corrected chi connectivity index (χ1v) is 6.57. The number of hydrogen-bond acceptors (Lipinski definition) is 5. The molecule has 0 radical (unpaired) electrons. The highest BCUT2D eigenvalue weighted by molar-refractivity contribution is 6.25. The van der Waals surface area contributed by atoms with E-state index < -0.39 is 23.8 Å². The Morgan fingerprint density at radius 1 is 1.18 bits per heavy atom. The lowest BCUT2D eigenvalue weighted by molar-refractivity contribution is -0.136. The second kappa shape index (κ2) is 5.76. The van der Waals surface area contributed by atoms with Gasteiger partial charge in [-0.1, -0.05) is 6.07 Å². The van der Waals surface area contributed by atoms with Crippen LogP contribution in [0.2, 0.25) is 0 Å². The van der Waals surface area contributed by atoms with Crippen LogP contribution in [0.5, 0.6) is 0 Å². The van der Waals surface area contributed by atoms with Gasteiger partial charge in [-0.05, 0) is 18.6 Å². The summed E-state index contributed by atoms with van der Waals surface area (Å²) >= 11 is 0. The molecule has 0 aromatic heterocycles. The molecule has 7 nitrogen and oxygen atoms in total. The van der Waals surface area contributed by atoms with Crippen LogP contribution in [0.3, 0.4) is 0 Å². The van der Waals surface area contributed by atoms with Crippen molar-refractivity contribution in [1.82, 2.24) is 10.2 Å². The van der Waals surface area contributed by atoms with Gasteiger partial charge >= 0.3 is 0 Å². The Hall–Kier alpha value is -2.41. The maximum absolute atomic E-state index is 12.5. The zero-order valence-electron chi connectivity index (χ0n) is 11.7. The van der Waals surface area contributed by atoms with E-state index in [1.807, 2.05) is 0 Å². The fraction of sp³-hybridized carbons (Fsp3) is 0.286. The van der Waals surface area contributed by atoms with E-state index >= 15 is 0 Å². The number of amides is 4. The highest BCUT2D eigenvalue weighted by atomic mass is 35.5. The Labute approximate surface area is 132 Å². The smallest absolute Gasteiger partial charge is 0.264 e. The molecule has 1 fully saturated rings. The number of nitrogens with one attached hydrogen (secondary N) is 2. The van der Waals surface area contributed by atoms with Crippen LogP contribution in [0, 0.1) is 0 Å². The molecule has 1 unspecified atom stereocenters. The molecule has 2 N–H and O–H groups in total. The minimum absolute atomic E-state index is 0. The van der Waals surface area contributed by atoms with Crippen molar-refractivity contribution in [3.63, 3.8) is 0 Å².